The van der Waals surface area contributed by atoms with Gasteiger partial charge in [-0.25, -0.2) is 0 Å². The predicted molar refractivity (Wildman–Crippen MR) is 117 cm³/mol. The smallest absolute Gasteiger partial charge is 0.250 e. The number of amides is 3. The Morgan fingerprint density at radius 2 is 1.81 bits per heavy atom. The van der Waals surface area contributed by atoms with E-state index in [1.54, 1.807) is 12.1 Å². The number of para-hydroxylation sites is 1. The Hall–Kier alpha value is -2.70. The summed E-state index contributed by atoms with van der Waals surface area (Å²) < 4.78 is 0. The van der Waals surface area contributed by atoms with E-state index in [-0.39, 0.29) is 29.8 Å². The van der Waals surface area contributed by atoms with E-state index in [4.69, 9.17) is 11.6 Å². The summed E-state index contributed by atoms with van der Waals surface area (Å²) in [6.07, 6.45) is 1.20. The average Bonchev–Trinajstić information content (AvgIpc) is 3.34. The number of hydrogen-bond acceptors (Lipinski definition) is 4. The largest absolute Gasteiger partial charge is 0.323 e. The first-order valence-electron chi connectivity index (χ1n) is 10.7. The molecule has 3 heterocycles. The number of halogens is 1. The molecule has 3 amide bonds. The highest BCUT2D eigenvalue weighted by Gasteiger charge is 2.70. The van der Waals surface area contributed by atoms with Crippen molar-refractivity contribution in [3.05, 3.63) is 64.7 Å². The van der Waals surface area contributed by atoms with Crippen molar-refractivity contribution in [2.24, 2.45) is 11.8 Å². The third kappa shape index (κ3) is 2.71. The maximum Gasteiger partial charge on any atom is 0.250 e. The molecule has 5 rings (SSSR count). The van der Waals surface area contributed by atoms with Crippen LogP contribution in [0.2, 0.25) is 5.02 Å². The molecular weight excluding hydrogens is 414 g/mol. The van der Waals surface area contributed by atoms with Gasteiger partial charge in [-0.1, -0.05) is 61.0 Å². The van der Waals surface area contributed by atoms with Gasteiger partial charge in [-0.05, 0) is 31.4 Å². The lowest BCUT2D eigenvalue weighted by atomic mass is 9.76. The van der Waals surface area contributed by atoms with E-state index in [0.29, 0.717) is 29.1 Å². The van der Waals surface area contributed by atoms with Gasteiger partial charge in [0.1, 0.15) is 5.54 Å². The lowest BCUT2D eigenvalue weighted by molar-refractivity contribution is -0.145. The number of imide groups is 1. The van der Waals surface area contributed by atoms with Crippen molar-refractivity contribution >= 4 is 35.0 Å². The average molecular weight is 438 g/mol. The summed E-state index contributed by atoms with van der Waals surface area (Å²) in [6.45, 7) is 3.83. The third-order valence-electron chi connectivity index (χ3n) is 7.06. The van der Waals surface area contributed by atoms with Crippen LogP contribution in [0, 0.1) is 11.8 Å². The van der Waals surface area contributed by atoms with Crippen molar-refractivity contribution < 1.29 is 14.4 Å². The Morgan fingerprint density at radius 1 is 1.06 bits per heavy atom. The normalized spacial score (nSPS) is 30.0. The number of nitrogens with one attached hydrogen (secondary N) is 2. The summed E-state index contributed by atoms with van der Waals surface area (Å²) in [5.41, 5.74) is 0.896. The minimum absolute atomic E-state index is 0.196. The van der Waals surface area contributed by atoms with Gasteiger partial charge in [0.2, 0.25) is 17.7 Å². The molecule has 5 atom stereocenters. The number of likely N-dealkylation sites (tertiary alicyclic amines) is 1. The van der Waals surface area contributed by atoms with Gasteiger partial charge < -0.3 is 5.32 Å². The number of hydrogen-bond donors (Lipinski definition) is 2. The van der Waals surface area contributed by atoms with E-state index in [1.165, 1.54) is 4.90 Å². The Labute approximate surface area is 185 Å². The molecule has 160 valence electrons. The molecule has 0 bridgehead atoms. The summed E-state index contributed by atoms with van der Waals surface area (Å²) >= 11 is 6.37. The van der Waals surface area contributed by atoms with Gasteiger partial charge >= 0.3 is 0 Å². The molecule has 31 heavy (non-hydrogen) atoms. The van der Waals surface area contributed by atoms with Crippen molar-refractivity contribution in [1.29, 1.82) is 0 Å². The summed E-state index contributed by atoms with van der Waals surface area (Å²) in [6, 6.07) is 14.6. The molecule has 0 saturated carbocycles. The standard InChI is InChI=1S/C24H24ClN3O3/c1-3-13(2)28-21(29)18-17(12-14-8-5-4-6-9-14)27-24(19(18)22(28)30)15-10-7-11-16(25)20(15)26-23(24)31/h4-11,13,17-19,27H,3,12H2,1-2H3,(H,26,31). The second kappa shape index (κ2) is 7.18. The zero-order chi connectivity index (χ0) is 21.9. The first-order chi connectivity index (χ1) is 14.9. The molecule has 7 heteroatoms. The minimum Gasteiger partial charge on any atom is -0.323 e. The van der Waals surface area contributed by atoms with Crippen LogP contribution in [0.5, 0.6) is 0 Å². The Kier molecular flexibility index (Phi) is 4.68. The van der Waals surface area contributed by atoms with Crippen molar-refractivity contribution in [3.8, 4) is 0 Å². The lowest BCUT2D eigenvalue weighted by Gasteiger charge is -2.31. The highest BCUT2D eigenvalue weighted by atomic mass is 35.5. The van der Waals surface area contributed by atoms with Crippen molar-refractivity contribution in [3.63, 3.8) is 0 Å². The zero-order valence-corrected chi connectivity index (χ0v) is 18.1. The van der Waals surface area contributed by atoms with E-state index in [0.717, 1.165) is 5.56 Å². The van der Waals surface area contributed by atoms with Crippen LogP contribution >= 0.6 is 11.6 Å². The first kappa shape index (κ1) is 20.2. The van der Waals surface area contributed by atoms with Crippen LogP contribution in [-0.4, -0.2) is 34.7 Å². The molecule has 3 aliphatic heterocycles. The van der Waals surface area contributed by atoms with Crippen LogP contribution in [0.25, 0.3) is 0 Å². The number of anilines is 1. The highest BCUT2D eigenvalue weighted by molar-refractivity contribution is 6.35. The quantitative estimate of drug-likeness (QED) is 0.720. The molecule has 2 saturated heterocycles. The number of nitrogens with zero attached hydrogens (tertiary/aromatic N) is 1. The second-order valence-corrected chi connectivity index (χ2v) is 9.08. The Morgan fingerprint density at radius 3 is 2.52 bits per heavy atom. The fourth-order valence-corrected chi connectivity index (χ4v) is 5.70. The Balaban J connectivity index is 1.66. The molecule has 6 nitrogen and oxygen atoms in total. The number of fused-ring (bicyclic) bond motifs is 4. The van der Waals surface area contributed by atoms with Gasteiger partial charge in [0.15, 0.2) is 0 Å². The topological polar surface area (TPSA) is 78.5 Å². The zero-order valence-electron chi connectivity index (χ0n) is 17.4. The van der Waals surface area contributed by atoms with Crippen LogP contribution in [0.4, 0.5) is 5.69 Å². The summed E-state index contributed by atoms with van der Waals surface area (Å²) in [5.74, 6) is -2.22. The van der Waals surface area contributed by atoms with Crippen LogP contribution in [0.1, 0.15) is 31.4 Å². The third-order valence-corrected chi connectivity index (χ3v) is 7.38. The van der Waals surface area contributed by atoms with Gasteiger partial charge in [-0.3, -0.25) is 24.6 Å². The number of rotatable bonds is 4. The van der Waals surface area contributed by atoms with E-state index in [9.17, 15) is 14.4 Å². The molecule has 0 radical (unpaired) electrons. The van der Waals surface area contributed by atoms with Crippen LogP contribution < -0.4 is 10.6 Å². The molecule has 3 aliphatic rings. The maximum absolute atomic E-state index is 13.6. The molecule has 5 unspecified atom stereocenters. The van der Waals surface area contributed by atoms with Gasteiger partial charge in [-0.2, -0.15) is 0 Å². The van der Waals surface area contributed by atoms with Gasteiger partial charge in [0.25, 0.3) is 0 Å². The molecule has 2 fully saturated rings. The van der Waals surface area contributed by atoms with E-state index in [1.807, 2.05) is 50.2 Å². The van der Waals surface area contributed by atoms with Crippen LogP contribution in [0.15, 0.2) is 48.5 Å². The fraction of sp³-hybridized carbons (Fsp3) is 0.375. The fourth-order valence-electron chi connectivity index (χ4n) is 5.48. The predicted octanol–water partition coefficient (Wildman–Crippen LogP) is 3.10. The van der Waals surface area contributed by atoms with Gasteiger partial charge in [-0.15, -0.1) is 0 Å². The monoisotopic (exact) mass is 437 g/mol. The number of carbonyl (C=O) groups excluding carboxylic acids is 3. The molecule has 0 aromatic heterocycles. The van der Waals surface area contributed by atoms with E-state index < -0.39 is 17.4 Å². The lowest BCUT2D eigenvalue weighted by Crippen LogP contribution is -2.54. The Bertz CT molecular complexity index is 1090. The SMILES string of the molecule is CCC(C)N1C(=O)C2C(Cc3ccccc3)NC3(C(=O)Nc4c(Cl)cccc43)C2C1=O. The van der Waals surface area contributed by atoms with Gasteiger partial charge in [0.05, 0.1) is 22.5 Å². The minimum atomic E-state index is -1.31. The van der Waals surface area contributed by atoms with Crippen molar-refractivity contribution in [2.75, 3.05) is 5.32 Å². The molecule has 1 spiro atoms. The molecular formula is C24H24ClN3O3. The number of carbonyl (C=O) groups is 3. The van der Waals surface area contributed by atoms with Gasteiger partial charge in [0, 0.05) is 17.6 Å². The second-order valence-electron chi connectivity index (χ2n) is 8.67. The number of benzene rings is 2. The van der Waals surface area contributed by atoms with Crippen molar-refractivity contribution in [2.45, 2.75) is 44.3 Å². The molecule has 2 aromatic rings. The highest BCUT2D eigenvalue weighted by Crippen LogP contribution is 2.54. The summed E-state index contributed by atoms with van der Waals surface area (Å²) in [5, 5.41) is 6.74. The molecule has 2 aromatic carbocycles. The first-order valence-corrected chi connectivity index (χ1v) is 11.1. The van der Waals surface area contributed by atoms with Crippen molar-refractivity contribution in [1.82, 2.24) is 10.2 Å². The summed E-state index contributed by atoms with van der Waals surface area (Å²) in [7, 11) is 0. The van der Waals surface area contributed by atoms with Crippen LogP contribution in [0.3, 0.4) is 0 Å². The molecule has 2 N–H and O–H groups in total. The van der Waals surface area contributed by atoms with E-state index >= 15 is 0 Å². The van der Waals surface area contributed by atoms with Crippen LogP contribution in [-0.2, 0) is 26.3 Å². The maximum atomic E-state index is 13.6. The molecule has 0 aliphatic carbocycles. The van der Waals surface area contributed by atoms with E-state index in [2.05, 4.69) is 10.6 Å². The summed E-state index contributed by atoms with van der Waals surface area (Å²) in [4.78, 5) is 42.0.